The van der Waals surface area contributed by atoms with Gasteiger partial charge >= 0.3 is 0 Å². The summed E-state index contributed by atoms with van der Waals surface area (Å²) in [6.45, 7) is 2.19. The molecule has 0 unspecified atom stereocenters. The van der Waals surface area contributed by atoms with Crippen molar-refractivity contribution in [1.82, 2.24) is 0 Å². The molecule has 0 spiro atoms. The fourth-order valence-corrected chi connectivity index (χ4v) is 2.58. The van der Waals surface area contributed by atoms with E-state index in [1.165, 1.54) is 0 Å². The lowest BCUT2D eigenvalue weighted by atomic mass is 10.2. The van der Waals surface area contributed by atoms with Crippen LogP contribution < -0.4 is 0 Å². The van der Waals surface area contributed by atoms with Gasteiger partial charge in [-0.15, -0.1) is 0 Å². The van der Waals surface area contributed by atoms with Gasteiger partial charge in [0, 0.05) is 0 Å². The molecule has 1 aromatic rings. The Hall–Kier alpha value is -0.910. The molecule has 0 radical (unpaired) electrons. The average molecular weight is 258 g/mol. The smallest absolute Gasteiger partial charge is 0.156 e. The maximum atomic E-state index is 11.7. The van der Waals surface area contributed by atoms with Crippen LogP contribution in [0.2, 0.25) is 0 Å². The van der Waals surface area contributed by atoms with Crippen molar-refractivity contribution in [3.63, 3.8) is 0 Å². The van der Waals surface area contributed by atoms with Gasteiger partial charge in [0.05, 0.1) is 31.3 Å². The number of ether oxygens (including phenoxy) is 1. The van der Waals surface area contributed by atoms with E-state index in [1.54, 1.807) is 0 Å². The monoisotopic (exact) mass is 258 g/mol. The molecule has 0 heterocycles. The summed E-state index contributed by atoms with van der Waals surface area (Å²) in [6.07, 6.45) is 0. The molecule has 0 aromatic heterocycles. The highest BCUT2D eigenvalue weighted by Crippen LogP contribution is 2.08. The van der Waals surface area contributed by atoms with Crippen molar-refractivity contribution in [3.8, 4) is 0 Å². The van der Waals surface area contributed by atoms with Gasteiger partial charge in [-0.2, -0.15) is 0 Å². The summed E-state index contributed by atoms with van der Waals surface area (Å²) in [6, 6.07) is 7.43. The van der Waals surface area contributed by atoms with E-state index in [0.29, 0.717) is 0 Å². The van der Waals surface area contributed by atoms with E-state index in [0.717, 1.165) is 11.1 Å². The van der Waals surface area contributed by atoms with Crippen LogP contribution in [-0.4, -0.2) is 39.1 Å². The summed E-state index contributed by atoms with van der Waals surface area (Å²) in [5, 5.41) is 8.48. The summed E-state index contributed by atoms with van der Waals surface area (Å²) in [7, 11) is -3.13. The van der Waals surface area contributed by atoms with Crippen LogP contribution in [0.3, 0.4) is 0 Å². The van der Waals surface area contributed by atoms with Crippen molar-refractivity contribution in [3.05, 3.63) is 35.4 Å². The predicted molar refractivity (Wildman–Crippen MR) is 66.6 cm³/mol. The molecule has 96 valence electrons. The van der Waals surface area contributed by atoms with Gasteiger partial charge in [0.2, 0.25) is 0 Å². The fourth-order valence-electron chi connectivity index (χ4n) is 1.36. The van der Waals surface area contributed by atoms with Crippen molar-refractivity contribution >= 4 is 9.84 Å². The lowest BCUT2D eigenvalue weighted by Gasteiger charge is -2.05. The lowest BCUT2D eigenvalue weighted by molar-refractivity contribution is 0.103. The summed E-state index contributed by atoms with van der Waals surface area (Å²) < 4.78 is 28.4. The fraction of sp³-hybridized carbons (Fsp3) is 0.500. The maximum absolute atomic E-state index is 11.7. The number of aliphatic hydroxyl groups excluding tert-OH is 1. The summed E-state index contributed by atoms with van der Waals surface area (Å²) in [4.78, 5) is 0. The van der Waals surface area contributed by atoms with Gasteiger partial charge in [-0.1, -0.05) is 29.8 Å². The van der Waals surface area contributed by atoms with E-state index in [1.807, 2.05) is 31.2 Å². The first kappa shape index (κ1) is 14.2. The minimum atomic E-state index is -3.13. The number of hydrogen-bond acceptors (Lipinski definition) is 4. The van der Waals surface area contributed by atoms with E-state index < -0.39 is 9.84 Å². The van der Waals surface area contributed by atoms with E-state index in [-0.39, 0.29) is 31.3 Å². The van der Waals surface area contributed by atoms with Crippen LogP contribution in [0.25, 0.3) is 0 Å². The molecule has 4 nitrogen and oxygen atoms in total. The summed E-state index contributed by atoms with van der Waals surface area (Å²) in [5.41, 5.74) is 1.90. The number of hydrogen-bond donors (Lipinski definition) is 1. The summed E-state index contributed by atoms with van der Waals surface area (Å²) >= 11 is 0. The van der Waals surface area contributed by atoms with Crippen LogP contribution in [0, 0.1) is 6.92 Å². The number of sulfone groups is 1. The molecule has 1 rings (SSSR count). The molecular formula is C12H18O4S. The van der Waals surface area contributed by atoms with Gasteiger partial charge < -0.3 is 9.84 Å². The van der Waals surface area contributed by atoms with Gasteiger partial charge in [0.25, 0.3) is 0 Å². The molecule has 0 aliphatic rings. The van der Waals surface area contributed by atoms with E-state index in [2.05, 4.69) is 0 Å². The Morgan fingerprint density at radius 2 is 1.82 bits per heavy atom. The Labute approximate surface area is 102 Å². The summed E-state index contributed by atoms with van der Waals surface area (Å²) in [5.74, 6) is 0.0244. The van der Waals surface area contributed by atoms with Crippen LogP contribution in [0.1, 0.15) is 11.1 Å². The van der Waals surface area contributed by atoms with Crippen molar-refractivity contribution in [1.29, 1.82) is 0 Å². The Kier molecular flexibility index (Phi) is 5.61. The molecule has 0 amide bonds. The third kappa shape index (κ3) is 5.81. The van der Waals surface area contributed by atoms with Gasteiger partial charge in [0.15, 0.2) is 9.84 Å². The lowest BCUT2D eigenvalue weighted by Crippen LogP contribution is -2.15. The molecule has 0 aliphatic heterocycles. The number of aryl methyl sites for hydroxylation is 1. The van der Waals surface area contributed by atoms with Crippen LogP contribution in [-0.2, 0) is 20.3 Å². The molecule has 0 saturated heterocycles. The highest BCUT2D eigenvalue weighted by Gasteiger charge is 2.11. The number of benzene rings is 1. The van der Waals surface area contributed by atoms with Crippen LogP contribution in [0.15, 0.2) is 24.3 Å². The van der Waals surface area contributed by atoms with Crippen molar-refractivity contribution in [2.45, 2.75) is 12.7 Å². The van der Waals surface area contributed by atoms with Crippen molar-refractivity contribution in [2.24, 2.45) is 0 Å². The topological polar surface area (TPSA) is 63.6 Å². The largest absolute Gasteiger partial charge is 0.394 e. The van der Waals surface area contributed by atoms with Crippen molar-refractivity contribution < 1.29 is 18.3 Å². The van der Waals surface area contributed by atoms with Gasteiger partial charge in [-0.3, -0.25) is 0 Å². The second-order valence-corrected chi connectivity index (χ2v) is 6.10. The zero-order valence-corrected chi connectivity index (χ0v) is 10.7. The molecule has 0 aliphatic carbocycles. The molecule has 5 heteroatoms. The average Bonchev–Trinajstić information content (AvgIpc) is 2.27. The molecule has 0 fully saturated rings. The highest BCUT2D eigenvalue weighted by molar-refractivity contribution is 7.90. The van der Waals surface area contributed by atoms with Crippen LogP contribution >= 0.6 is 0 Å². The quantitative estimate of drug-likeness (QED) is 0.739. The first-order valence-corrected chi connectivity index (χ1v) is 7.30. The predicted octanol–water partition coefficient (Wildman–Crippen LogP) is 0.919. The number of rotatable bonds is 7. The Morgan fingerprint density at radius 1 is 1.18 bits per heavy atom. The molecule has 1 aromatic carbocycles. The SMILES string of the molecule is Cc1ccc(CS(=O)(=O)CCOCCO)cc1. The molecule has 1 N–H and O–H groups in total. The second kappa shape index (κ2) is 6.74. The van der Waals surface area contributed by atoms with Crippen molar-refractivity contribution in [2.75, 3.05) is 25.6 Å². The molecule has 0 atom stereocenters. The number of aliphatic hydroxyl groups is 1. The minimum Gasteiger partial charge on any atom is -0.394 e. The van der Waals surface area contributed by atoms with E-state index in [9.17, 15) is 8.42 Å². The maximum Gasteiger partial charge on any atom is 0.156 e. The Bertz CT molecular complexity index is 422. The normalized spacial score (nSPS) is 11.6. The van der Waals surface area contributed by atoms with E-state index >= 15 is 0 Å². The zero-order valence-electron chi connectivity index (χ0n) is 9.93. The second-order valence-electron chi connectivity index (χ2n) is 3.91. The highest BCUT2D eigenvalue weighted by atomic mass is 32.2. The standard InChI is InChI=1S/C12H18O4S/c1-11-2-4-12(5-3-11)10-17(14,15)9-8-16-7-6-13/h2-5,13H,6-10H2,1H3. The Morgan fingerprint density at radius 3 is 2.41 bits per heavy atom. The molecule has 0 bridgehead atoms. The van der Waals surface area contributed by atoms with E-state index in [4.69, 9.17) is 9.84 Å². The molecule has 17 heavy (non-hydrogen) atoms. The first-order valence-electron chi connectivity index (χ1n) is 5.48. The van der Waals surface area contributed by atoms with Gasteiger partial charge in [-0.25, -0.2) is 8.42 Å². The minimum absolute atomic E-state index is 0.0130. The third-order valence-electron chi connectivity index (χ3n) is 2.28. The zero-order chi connectivity index (χ0) is 12.7. The van der Waals surface area contributed by atoms with Crippen LogP contribution in [0.4, 0.5) is 0 Å². The van der Waals surface area contributed by atoms with Crippen LogP contribution in [0.5, 0.6) is 0 Å². The molecule has 0 saturated carbocycles. The third-order valence-corrected chi connectivity index (χ3v) is 3.84. The van der Waals surface area contributed by atoms with Gasteiger partial charge in [-0.05, 0) is 12.5 Å². The molecular weight excluding hydrogens is 240 g/mol. The first-order chi connectivity index (χ1) is 8.03. The van der Waals surface area contributed by atoms with Gasteiger partial charge in [0.1, 0.15) is 0 Å². The Balaban J connectivity index is 2.46.